The topological polar surface area (TPSA) is 42.4 Å². The Bertz CT molecular complexity index is 357. The molecule has 1 fully saturated rings. The Morgan fingerprint density at radius 3 is 2.69 bits per heavy atom. The Balaban J connectivity index is 2.21. The van der Waals surface area contributed by atoms with Crippen LogP contribution < -0.4 is 4.74 Å². The molecule has 0 amide bonds. The van der Waals surface area contributed by atoms with Gasteiger partial charge in [0.25, 0.3) is 0 Å². The van der Waals surface area contributed by atoms with Crippen LogP contribution in [0.25, 0.3) is 0 Å². The predicted molar refractivity (Wildman–Crippen MR) is 62.3 cm³/mol. The van der Waals surface area contributed by atoms with Crippen molar-refractivity contribution in [2.45, 2.75) is 38.2 Å². The molecule has 0 bridgehead atoms. The molecule has 3 nitrogen and oxygen atoms in total. The minimum Gasteiger partial charge on any atom is -0.481 e. The third kappa shape index (κ3) is 2.19. The molecule has 0 saturated heterocycles. The molecule has 2 rings (SSSR count). The molecule has 1 heterocycles. The highest BCUT2D eigenvalue weighted by Gasteiger charge is 2.34. The molecule has 0 aliphatic heterocycles. The first kappa shape index (κ1) is 11.4. The number of ether oxygens (including phenoxy) is 1. The van der Waals surface area contributed by atoms with Crippen molar-refractivity contribution in [3.8, 4) is 5.88 Å². The smallest absolute Gasteiger partial charge is 0.213 e. The van der Waals surface area contributed by atoms with E-state index in [0.717, 1.165) is 31.4 Å². The van der Waals surface area contributed by atoms with E-state index in [1.54, 1.807) is 13.2 Å². The number of aromatic nitrogens is 1. The summed E-state index contributed by atoms with van der Waals surface area (Å²) in [5, 5.41) is 10.6. The summed E-state index contributed by atoms with van der Waals surface area (Å²) < 4.78 is 5.09. The average Bonchev–Trinajstić information content (AvgIpc) is 2.33. The summed E-state index contributed by atoms with van der Waals surface area (Å²) in [6, 6.07) is 5.58. The Kier molecular flexibility index (Phi) is 3.15. The largest absolute Gasteiger partial charge is 0.481 e. The highest BCUT2D eigenvalue weighted by Crippen LogP contribution is 2.38. The molecule has 0 radical (unpaired) electrons. The maximum atomic E-state index is 10.6. The van der Waals surface area contributed by atoms with Gasteiger partial charge in [0.2, 0.25) is 5.88 Å². The van der Waals surface area contributed by atoms with Gasteiger partial charge < -0.3 is 9.84 Å². The van der Waals surface area contributed by atoms with Crippen LogP contribution in [0.3, 0.4) is 0 Å². The lowest BCUT2D eigenvalue weighted by atomic mass is 9.78. The van der Waals surface area contributed by atoms with E-state index in [0.29, 0.717) is 11.8 Å². The number of rotatable bonds is 2. The van der Waals surface area contributed by atoms with Gasteiger partial charge in [-0.1, -0.05) is 13.0 Å². The monoisotopic (exact) mass is 221 g/mol. The number of nitrogens with zero attached hydrogens (tertiary/aromatic N) is 1. The molecular formula is C13H19NO2. The molecule has 1 aliphatic rings. The molecule has 1 saturated carbocycles. The van der Waals surface area contributed by atoms with Crippen LogP contribution in [0, 0.1) is 5.92 Å². The average molecular weight is 221 g/mol. The second-order valence-electron chi connectivity index (χ2n) is 4.78. The Morgan fingerprint density at radius 1 is 1.38 bits per heavy atom. The van der Waals surface area contributed by atoms with Gasteiger partial charge in [-0.15, -0.1) is 0 Å². The van der Waals surface area contributed by atoms with Crippen molar-refractivity contribution in [1.82, 2.24) is 4.98 Å². The minimum absolute atomic E-state index is 0.574. The zero-order valence-electron chi connectivity index (χ0n) is 9.94. The summed E-state index contributed by atoms with van der Waals surface area (Å²) in [4.78, 5) is 4.34. The van der Waals surface area contributed by atoms with E-state index in [-0.39, 0.29) is 0 Å². The van der Waals surface area contributed by atoms with Crippen LogP contribution in [0.5, 0.6) is 5.88 Å². The minimum atomic E-state index is -0.749. The fraction of sp³-hybridized carbons (Fsp3) is 0.615. The fourth-order valence-corrected chi connectivity index (χ4v) is 2.28. The summed E-state index contributed by atoms with van der Waals surface area (Å²) in [6.45, 7) is 2.23. The SMILES string of the molecule is COc1cccc(C2(O)CCC(C)CC2)n1. The molecule has 1 N–H and O–H groups in total. The normalized spacial score (nSPS) is 30.1. The third-order valence-corrected chi connectivity index (χ3v) is 3.51. The molecule has 1 aromatic rings. The van der Waals surface area contributed by atoms with Crippen LogP contribution in [0.1, 0.15) is 38.3 Å². The molecule has 0 spiro atoms. The summed E-state index contributed by atoms with van der Waals surface area (Å²) in [5.74, 6) is 1.29. The molecule has 3 heteroatoms. The van der Waals surface area contributed by atoms with E-state index in [4.69, 9.17) is 4.74 Å². The molecule has 88 valence electrons. The summed E-state index contributed by atoms with van der Waals surface area (Å²) in [5.41, 5.74) is -0.000116. The lowest BCUT2D eigenvalue weighted by Gasteiger charge is -2.34. The van der Waals surface area contributed by atoms with Crippen LogP contribution in [-0.4, -0.2) is 17.2 Å². The number of pyridine rings is 1. The second-order valence-corrected chi connectivity index (χ2v) is 4.78. The van der Waals surface area contributed by atoms with Gasteiger partial charge in [0.1, 0.15) is 5.60 Å². The first-order valence-electron chi connectivity index (χ1n) is 5.88. The van der Waals surface area contributed by atoms with Crippen molar-refractivity contribution in [3.05, 3.63) is 23.9 Å². The number of hydrogen-bond acceptors (Lipinski definition) is 3. The molecule has 1 aromatic heterocycles. The highest BCUT2D eigenvalue weighted by molar-refractivity contribution is 5.21. The van der Waals surface area contributed by atoms with Gasteiger partial charge in [-0.05, 0) is 37.7 Å². The maximum Gasteiger partial charge on any atom is 0.213 e. The summed E-state index contributed by atoms with van der Waals surface area (Å²) in [7, 11) is 1.60. The van der Waals surface area contributed by atoms with Crippen molar-refractivity contribution >= 4 is 0 Å². The first-order chi connectivity index (χ1) is 7.64. The number of methoxy groups -OCH3 is 1. The zero-order chi connectivity index (χ0) is 11.6. The Morgan fingerprint density at radius 2 is 2.06 bits per heavy atom. The van der Waals surface area contributed by atoms with E-state index in [1.807, 2.05) is 12.1 Å². The van der Waals surface area contributed by atoms with Crippen molar-refractivity contribution in [2.24, 2.45) is 5.92 Å². The van der Waals surface area contributed by atoms with Crippen molar-refractivity contribution in [3.63, 3.8) is 0 Å². The van der Waals surface area contributed by atoms with Crippen LogP contribution in [-0.2, 0) is 5.60 Å². The van der Waals surface area contributed by atoms with E-state index < -0.39 is 5.60 Å². The second kappa shape index (κ2) is 4.42. The number of aliphatic hydroxyl groups is 1. The molecule has 0 aromatic carbocycles. The van der Waals surface area contributed by atoms with E-state index >= 15 is 0 Å². The molecular weight excluding hydrogens is 202 g/mol. The van der Waals surface area contributed by atoms with Gasteiger partial charge in [0, 0.05) is 6.07 Å². The quantitative estimate of drug-likeness (QED) is 0.834. The lowest BCUT2D eigenvalue weighted by Crippen LogP contribution is -2.31. The van der Waals surface area contributed by atoms with Gasteiger partial charge in [0.05, 0.1) is 12.8 Å². The standard InChI is InChI=1S/C13H19NO2/c1-10-6-8-13(15,9-7-10)11-4-3-5-12(14-11)16-2/h3-5,10,15H,6-9H2,1-2H3. The van der Waals surface area contributed by atoms with Gasteiger partial charge >= 0.3 is 0 Å². The van der Waals surface area contributed by atoms with Crippen LogP contribution in [0.4, 0.5) is 0 Å². The molecule has 16 heavy (non-hydrogen) atoms. The summed E-state index contributed by atoms with van der Waals surface area (Å²) >= 11 is 0. The van der Waals surface area contributed by atoms with Gasteiger partial charge in [0.15, 0.2) is 0 Å². The third-order valence-electron chi connectivity index (χ3n) is 3.51. The van der Waals surface area contributed by atoms with E-state index in [9.17, 15) is 5.11 Å². The summed E-state index contributed by atoms with van der Waals surface area (Å²) in [6.07, 6.45) is 3.73. The van der Waals surface area contributed by atoms with Crippen LogP contribution >= 0.6 is 0 Å². The first-order valence-corrected chi connectivity index (χ1v) is 5.88. The van der Waals surface area contributed by atoms with Gasteiger partial charge in [-0.3, -0.25) is 0 Å². The number of hydrogen-bond donors (Lipinski definition) is 1. The van der Waals surface area contributed by atoms with Crippen LogP contribution in [0.15, 0.2) is 18.2 Å². The fourth-order valence-electron chi connectivity index (χ4n) is 2.28. The predicted octanol–water partition coefficient (Wildman–Crippen LogP) is 2.49. The van der Waals surface area contributed by atoms with Gasteiger partial charge in [-0.25, -0.2) is 4.98 Å². The zero-order valence-corrected chi connectivity index (χ0v) is 9.94. The highest BCUT2D eigenvalue weighted by atomic mass is 16.5. The Labute approximate surface area is 96.5 Å². The van der Waals surface area contributed by atoms with Crippen molar-refractivity contribution < 1.29 is 9.84 Å². The van der Waals surface area contributed by atoms with E-state index in [1.165, 1.54) is 0 Å². The lowest BCUT2D eigenvalue weighted by molar-refractivity contribution is -0.0161. The van der Waals surface area contributed by atoms with Crippen molar-refractivity contribution in [1.29, 1.82) is 0 Å². The molecule has 0 unspecified atom stereocenters. The molecule has 1 aliphatic carbocycles. The maximum absolute atomic E-state index is 10.6. The Hall–Kier alpha value is -1.09. The van der Waals surface area contributed by atoms with Crippen LogP contribution in [0.2, 0.25) is 0 Å². The molecule has 0 atom stereocenters. The van der Waals surface area contributed by atoms with Crippen molar-refractivity contribution in [2.75, 3.05) is 7.11 Å². The van der Waals surface area contributed by atoms with E-state index in [2.05, 4.69) is 11.9 Å². The van der Waals surface area contributed by atoms with Gasteiger partial charge in [-0.2, -0.15) is 0 Å².